The lowest BCUT2D eigenvalue weighted by atomic mass is 10.1. The van der Waals surface area contributed by atoms with Gasteiger partial charge in [-0.2, -0.15) is 0 Å². The van der Waals surface area contributed by atoms with E-state index in [-0.39, 0.29) is 16.9 Å². The Bertz CT molecular complexity index is 1240. The first-order valence-electron chi connectivity index (χ1n) is 12.8. The lowest BCUT2D eigenvalue weighted by Gasteiger charge is -2.23. The minimum atomic E-state index is -0.346. The Kier molecular flexibility index (Phi) is 11.8. The number of nitrogens with one attached hydrogen (secondary N) is 2. The van der Waals surface area contributed by atoms with Gasteiger partial charge >= 0.3 is 0 Å². The summed E-state index contributed by atoms with van der Waals surface area (Å²) in [7, 11) is 1.73. The number of carbonyl (C=O) groups excluding carboxylic acids is 2. The minimum Gasteiger partial charge on any atom is -0.492 e. The smallest absolute Gasteiger partial charge is 0.257 e. The van der Waals surface area contributed by atoms with Crippen LogP contribution in [0, 0.1) is 0 Å². The number of unbranched alkanes of at least 4 members (excludes halogenated alkanes) is 3. The van der Waals surface area contributed by atoms with E-state index in [1.165, 1.54) is 12.8 Å². The molecule has 0 aliphatic heterocycles. The number of amides is 2. The molecular weight excluding hydrogens is 562 g/mol. The number of anilines is 1. The van der Waals surface area contributed by atoms with Crippen LogP contribution >= 0.6 is 28.1 Å². The second kappa shape index (κ2) is 15.2. The van der Waals surface area contributed by atoms with Crippen LogP contribution in [0.5, 0.6) is 5.75 Å². The predicted molar refractivity (Wildman–Crippen MR) is 161 cm³/mol. The van der Waals surface area contributed by atoms with Gasteiger partial charge < -0.3 is 15.0 Å². The quantitative estimate of drug-likeness (QED) is 0.184. The SMILES string of the molecule is CCCCCCOc1ccc(C(=O)NC(=S)N(C)c2ccccc2C(=O)NCCc2ccccc2)cc1Br. The fourth-order valence-corrected chi connectivity index (χ4v) is 4.54. The monoisotopic (exact) mass is 595 g/mol. The summed E-state index contributed by atoms with van der Waals surface area (Å²) in [6.45, 7) is 3.32. The van der Waals surface area contributed by atoms with Crippen LogP contribution in [0.25, 0.3) is 0 Å². The van der Waals surface area contributed by atoms with Crippen LogP contribution in [0.2, 0.25) is 0 Å². The Morgan fingerprint density at radius 2 is 1.68 bits per heavy atom. The normalized spacial score (nSPS) is 10.5. The molecule has 0 aliphatic carbocycles. The molecule has 0 heterocycles. The van der Waals surface area contributed by atoms with Crippen LogP contribution in [0.4, 0.5) is 5.69 Å². The van der Waals surface area contributed by atoms with E-state index >= 15 is 0 Å². The lowest BCUT2D eigenvalue weighted by molar-refractivity contribution is 0.0952. The van der Waals surface area contributed by atoms with E-state index in [2.05, 4.69) is 33.5 Å². The van der Waals surface area contributed by atoms with Gasteiger partial charge in [0.2, 0.25) is 0 Å². The number of para-hydroxylation sites is 1. The standard InChI is InChI=1S/C30H34BrN3O3S/c1-3-4-5-11-20-37-27-17-16-23(21-25(27)31)28(35)33-30(38)34(2)26-15-10-9-14-24(26)29(36)32-19-18-22-12-7-6-8-13-22/h6-10,12-17,21H,3-5,11,18-20H2,1-2H3,(H,32,36)(H,33,35,38). The second-order valence-electron chi connectivity index (χ2n) is 8.88. The van der Waals surface area contributed by atoms with Crippen molar-refractivity contribution >= 4 is 50.8 Å². The number of nitrogens with zero attached hydrogens (tertiary/aromatic N) is 1. The highest BCUT2D eigenvalue weighted by Gasteiger charge is 2.19. The van der Waals surface area contributed by atoms with Crippen LogP contribution in [0.15, 0.2) is 77.3 Å². The van der Waals surface area contributed by atoms with Crippen molar-refractivity contribution in [3.05, 3.63) is 94.0 Å². The Balaban J connectivity index is 1.58. The zero-order valence-corrected chi connectivity index (χ0v) is 24.2. The number of halogens is 1. The van der Waals surface area contributed by atoms with Crippen LogP contribution in [0.1, 0.15) is 58.9 Å². The van der Waals surface area contributed by atoms with Gasteiger partial charge in [-0.25, -0.2) is 0 Å². The van der Waals surface area contributed by atoms with Gasteiger partial charge in [0, 0.05) is 19.2 Å². The highest BCUT2D eigenvalue weighted by Crippen LogP contribution is 2.26. The van der Waals surface area contributed by atoms with E-state index in [4.69, 9.17) is 17.0 Å². The van der Waals surface area contributed by atoms with Gasteiger partial charge in [-0.15, -0.1) is 0 Å². The van der Waals surface area contributed by atoms with Gasteiger partial charge in [0.1, 0.15) is 5.75 Å². The molecular formula is C30H34BrN3O3S. The maximum absolute atomic E-state index is 12.9. The zero-order chi connectivity index (χ0) is 27.3. The molecule has 0 unspecified atom stereocenters. The van der Waals surface area contributed by atoms with E-state index in [0.717, 1.165) is 24.8 Å². The Morgan fingerprint density at radius 3 is 2.42 bits per heavy atom. The summed E-state index contributed by atoms with van der Waals surface area (Å²) in [5, 5.41) is 5.92. The molecule has 3 aromatic rings. The molecule has 2 N–H and O–H groups in total. The summed E-state index contributed by atoms with van der Waals surface area (Å²) in [5.41, 5.74) is 2.67. The number of hydrogen-bond acceptors (Lipinski definition) is 4. The molecule has 38 heavy (non-hydrogen) atoms. The number of carbonyl (C=O) groups is 2. The molecule has 0 aromatic heterocycles. The summed E-state index contributed by atoms with van der Waals surface area (Å²) >= 11 is 9.01. The fraction of sp³-hybridized carbons (Fsp3) is 0.300. The molecule has 3 rings (SSSR count). The van der Waals surface area contributed by atoms with Crippen molar-refractivity contribution in [1.82, 2.24) is 10.6 Å². The van der Waals surface area contributed by atoms with Gasteiger partial charge in [0.25, 0.3) is 11.8 Å². The Morgan fingerprint density at radius 1 is 0.947 bits per heavy atom. The molecule has 0 fully saturated rings. The van der Waals surface area contributed by atoms with E-state index < -0.39 is 0 Å². The van der Waals surface area contributed by atoms with E-state index in [1.54, 1.807) is 48.3 Å². The van der Waals surface area contributed by atoms with E-state index in [9.17, 15) is 9.59 Å². The van der Waals surface area contributed by atoms with Gasteiger partial charge in [-0.3, -0.25) is 14.9 Å². The molecule has 6 nitrogen and oxygen atoms in total. The molecule has 0 bridgehead atoms. The van der Waals surface area contributed by atoms with Crippen molar-refractivity contribution in [2.45, 2.75) is 39.0 Å². The average molecular weight is 597 g/mol. The molecule has 2 amide bonds. The number of hydrogen-bond donors (Lipinski definition) is 2. The van der Waals surface area contributed by atoms with Crippen molar-refractivity contribution in [1.29, 1.82) is 0 Å². The van der Waals surface area contributed by atoms with Crippen molar-refractivity contribution < 1.29 is 14.3 Å². The first kappa shape index (κ1) is 29.3. The molecule has 0 radical (unpaired) electrons. The molecule has 0 saturated heterocycles. The number of thiocarbonyl (C=S) groups is 1. The van der Waals surface area contributed by atoms with Crippen molar-refractivity contribution in [2.75, 3.05) is 25.1 Å². The first-order chi connectivity index (χ1) is 18.4. The number of benzene rings is 3. The van der Waals surface area contributed by atoms with Gasteiger partial charge in [0.05, 0.1) is 22.3 Å². The summed E-state index contributed by atoms with van der Waals surface area (Å²) in [6.07, 6.45) is 5.24. The minimum absolute atomic E-state index is 0.187. The zero-order valence-electron chi connectivity index (χ0n) is 21.8. The fourth-order valence-electron chi connectivity index (χ4n) is 3.85. The molecule has 0 atom stereocenters. The topological polar surface area (TPSA) is 70.7 Å². The van der Waals surface area contributed by atoms with Crippen molar-refractivity contribution in [3.63, 3.8) is 0 Å². The highest BCUT2D eigenvalue weighted by molar-refractivity contribution is 9.10. The number of rotatable bonds is 12. The van der Waals surface area contributed by atoms with Crippen molar-refractivity contribution in [3.8, 4) is 5.75 Å². The molecule has 200 valence electrons. The van der Waals surface area contributed by atoms with Gasteiger partial charge in [-0.05, 0) is 76.9 Å². The van der Waals surface area contributed by atoms with Gasteiger partial charge in [-0.1, -0.05) is 68.7 Å². The molecule has 3 aromatic carbocycles. The summed E-state index contributed by atoms with van der Waals surface area (Å²) in [5.74, 6) is 0.151. The highest BCUT2D eigenvalue weighted by atomic mass is 79.9. The molecule has 0 saturated carbocycles. The maximum atomic E-state index is 12.9. The van der Waals surface area contributed by atoms with Crippen LogP contribution in [-0.4, -0.2) is 37.1 Å². The summed E-state index contributed by atoms with van der Waals surface area (Å²) in [6, 6.07) is 22.4. The van der Waals surface area contributed by atoms with Crippen LogP contribution in [-0.2, 0) is 6.42 Å². The largest absolute Gasteiger partial charge is 0.492 e. The summed E-state index contributed by atoms with van der Waals surface area (Å²) in [4.78, 5) is 27.5. The lowest BCUT2D eigenvalue weighted by Crippen LogP contribution is -2.41. The van der Waals surface area contributed by atoms with E-state index in [1.807, 2.05) is 36.4 Å². The van der Waals surface area contributed by atoms with Crippen molar-refractivity contribution in [2.24, 2.45) is 0 Å². The first-order valence-corrected chi connectivity index (χ1v) is 14.0. The van der Waals surface area contributed by atoms with Gasteiger partial charge in [0.15, 0.2) is 5.11 Å². The van der Waals surface area contributed by atoms with E-state index in [0.29, 0.717) is 40.2 Å². The third kappa shape index (κ3) is 8.67. The summed E-state index contributed by atoms with van der Waals surface area (Å²) < 4.78 is 6.54. The maximum Gasteiger partial charge on any atom is 0.257 e. The molecule has 0 spiro atoms. The number of ether oxygens (including phenoxy) is 1. The second-order valence-corrected chi connectivity index (χ2v) is 10.1. The Hall–Kier alpha value is -3.23. The van der Waals surface area contributed by atoms with Crippen LogP contribution in [0.3, 0.4) is 0 Å². The average Bonchev–Trinajstić information content (AvgIpc) is 2.93. The van der Waals surface area contributed by atoms with Crippen LogP contribution < -0.4 is 20.3 Å². The predicted octanol–water partition coefficient (Wildman–Crippen LogP) is 6.53. The molecule has 8 heteroatoms. The Labute approximate surface area is 238 Å². The third-order valence-electron chi connectivity index (χ3n) is 6.03. The third-order valence-corrected chi connectivity index (χ3v) is 7.02. The molecule has 0 aliphatic rings.